The number of fused-ring (bicyclic) bond motifs is 1. The third-order valence-corrected chi connectivity index (χ3v) is 2.29. The van der Waals surface area contributed by atoms with Gasteiger partial charge in [-0.25, -0.2) is 14.3 Å². The van der Waals surface area contributed by atoms with Gasteiger partial charge in [-0.2, -0.15) is 5.10 Å². The Balaban J connectivity index is 2.86. The summed E-state index contributed by atoms with van der Waals surface area (Å²) in [7, 11) is 0. The molecule has 0 aliphatic rings. The predicted molar refractivity (Wildman–Crippen MR) is 52.7 cm³/mol. The van der Waals surface area contributed by atoms with Crippen molar-refractivity contribution >= 4 is 39.1 Å². The van der Waals surface area contributed by atoms with Crippen LogP contribution in [0.2, 0.25) is 5.15 Å². The van der Waals surface area contributed by atoms with E-state index >= 15 is 0 Å². The first-order chi connectivity index (χ1) is 6.59. The minimum absolute atomic E-state index is 0.0666. The van der Waals surface area contributed by atoms with Crippen LogP contribution in [-0.4, -0.2) is 25.7 Å². The number of aromatic carboxylic acids is 1. The molecule has 2 aromatic rings. The number of halogens is 2. The van der Waals surface area contributed by atoms with Crippen molar-refractivity contribution in [2.24, 2.45) is 0 Å². The summed E-state index contributed by atoms with van der Waals surface area (Å²) in [5, 5.41) is 12.7. The largest absolute Gasteiger partial charge is 0.476 e. The summed E-state index contributed by atoms with van der Waals surface area (Å²) in [4.78, 5) is 14.6. The van der Waals surface area contributed by atoms with E-state index in [0.717, 1.165) is 0 Å². The first-order valence-corrected chi connectivity index (χ1v) is 4.71. The molecule has 1 N–H and O–H groups in total. The highest BCUT2D eigenvalue weighted by molar-refractivity contribution is 9.10. The molecule has 2 rings (SSSR count). The second kappa shape index (κ2) is 3.21. The molecule has 0 aliphatic carbocycles. The van der Waals surface area contributed by atoms with Crippen LogP contribution in [0.5, 0.6) is 0 Å². The van der Waals surface area contributed by atoms with Gasteiger partial charge in [-0.15, -0.1) is 0 Å². The molecule has 5 nitrogen and oxygen atoms in total. The predicted octanol–water partition coefficient (Wildman–Crippen LogP) is 1.84. The molecule has 0 atom stereocenters. The third-order valence-electron chi connectivity index (χ3n) is 1.60. The second-order valence-electron chi connectivity index (χ2n) is 2.48. The summed E-state index contributed by atoms with van der Waals surface area (Å²) in [5.41, 5.74) is 0.263. The van der Waals surface area contributed by atoms with Crippen LogP contribution in [0.4, 0.5) is 0 Å². The minimum atomic E-state index is -1.16. The van der Waals surface area contributed by atoms with Gasteiger partial charge < -0.3 is 5.11 Å². The van der Waals surface area contributed by atoms with E-state index in [4.69, 9.17) is 16.7 Å². The topological polar surface area (TPSA) is 67.5 Å². The number of hydrogen-bond donors (Lipinski definition) is 1. The van der Waals surface area contributed by atoms with Crippen molar-refractivity contribution in [1.82, 2.24) is 14.6 Å². The Morgan fingerprint density at radius 2 is 2.29 bits per heavy atom. The Hall–Kier alpha value is -1.14. The lowest BCUT2D eigenvalue weighted by Gasteiger charge is -1.95. The van der Waals surface area contributed by atoms with Gasteiger partial charge in [0, 0.05) is 0 Å². The summed E-state index contributed by atoms with van der Waals surface area (Å²) in [6.45, 7) is 0. The minimum Gasteiger partial charge on any atom is -0.476 e. The van der Waals surface area contributed by atoms with Crippen LogP contribution in [0.3, 0.4) is 0 Å². The van der Waals surface area contributed by atoms with Gasteiger partial charge in [0.2, 0.25) is 0 Å². The zero-order valence-electron chi connectivity index (χ0n) is 6.61. The Morgan fingerprint density at radius 1 is 1.57 bits per heavy atom. The molecule has 0 fully saturated rings. The molecule has 2 aromatic heterocycles. The van der Waals surface area contributed by atoms with Crippen LogP contribution in [0.15, 0.2) is 16.7 Å². The van der Waals surface area contributed by atoms with Crippen LogP contribution < -0.4 is 0 Å². The normalized spacial score (nSPS) is 10.7. The molecular weight excluding hydrogens is 273 g/mol. The Labute approximate surface area is 91.4 Å². The Kier molecular flexibility index (Phi) is 2.16. The van der Waals surface area contributed by atoms with Crippen LogP contribution in [0.1, 0.15) is 10.5 Å². The smallest absolute Gasteiger partial charge is 0.357 e. The van der Waals surface area contributed by atoms with E-state index in [2.05, 4.69) is 26.0 Å². The SMILES string of the molecule is O=C(O)c1c(Cl)nc2ccc(Br)nn12. The first kappa shape index (κ1) is 9.42. The summed E-state index contributed by atoms with van der Waals surface area (Å²) in [6, 6.07) is 3.28. The van der Waals surface area contributed by atoms with Gasteiger partial charge in [-0.3, -0.25) is 0 Å². The quantitative estimate of drug-likeness (QED) is 0.863. The van der Waals surface area contributed by atoms with E-state index in [9.17, 15) is 4.79 Å². The molecule has 0 radical (unpaired) electrons. The summed E-state index contributed by atoms with van der Waals surface area (Å²) in [6.07, 6.45) is 0. The molecule has 72 valence electrons. The van der Waals surface area contributed by atoms with Gasteiger partial charge in [0.15, 0.2) is 16.5 Å². The average molecular weight is 276 g/mol. The maximum Gasteiger partial charge on any atom is 0.357 e. The number of aromatic nitrogens is 3. The maximum atomic E-state index is 10.8. The average Bonchev–Trinajstić information content (AvgIpc) is 2.40. The summed E-state index contributed by atoms with van der Waals surface area (Å²) in [5.74, 6) is -1.16. The number of hydrogen-bond acceptors (Lipinski definition) is 3. The van der Waals surface area contributed by atoms with Crippen molar-refractivity contribution in [2.45, 2.75) is 0 Å². The van der Waals surface area contributed by atoms with Crippen LogP contribution in [0, 0.1) is 0 Å². The fourth-order valence-corrected chi connectivity index (χ4v) is 1.60. The molecule has 0 spiro atoms. The monoisotopic (exact) mass is 275 g/mol. The molecule has 2 heterocycles. The van der Waals surface area contributed by atoms with Crippen molar-refractivity contribution in [1.29, 1.82) is 0 Å². The van der Waals surface area contributed by atoms with E-state index in [1.165, 1.54) is 4.52 Å². The molecule has 0 amide bonds. The maximum absolute atomic E-state index is 10.8. The standard InChI is InChI=1S/C7H3BrClN3O2/c8-3-1-2-4-10-6(9)5(7(13)14)12(4)11-3/h1-2H,(H,13,14). The molecular formula is C7H3BrClN3O2. The number of carboxylic acid groups (broad SMARTS) is 1. The van der Waals surface area contributed by atoms with Crippen LogP contribution >= 0.6 is 27.5 Å². The lowest BCUT2D eigenvalue weighted by atomic mass is 10.5. The van der Waals surface area contributed by atoms with Crippen molar-refractivity contribution in [2.75, 3.05) is 0 Å². The molecule has 0 saturated heterocycles. The number of imidazole rings is 1. The Morgan fingerprint density at radius 3 is 2.93 bits per heavy atom. The number of rotatable bonds is 1. The molecule has 0 aromatic carbocycles. The summed E-state index contributed by atoms with van der Waals surface area (Å²) < 4.78 is 1.69. The van der Waals surface area contributed by atoms with Crippen molar-refractivity contribution < 1.29 is 9.90 Å². The van der Waals surface area contributed by atoms with E-state index in [1.54, 1.807) is 12.1 Å². The third kappa shape index (κ3) is 1.36. The number of nitrogens with zero attached hydrogens (tertiary/aromatic N) is 3. The zero-order chi connectivity index (χ0) is 10.3. The van der Waals surface area contributed by atoms with Crippen molar-refractivity contribution in [3.8, 4) is 0 Å². The number of carboxylic acids is 1. The van der Waals surface area contributed by atoms with E-state index in [0.29, 0.717) is 10.3 Å². The van der Waals surface area contributed by atoms with E-state index in [-0.39, 0.29) is 10.8 Å². The van der Waals surface area contributed by atoms with Crippen molar-refractivity contribution in [3.63, 3.8) is 0 Å². The highest BCUT2D eigenvalue weighted by Gasteiger charge is 2.17. The zero-order valence-corrected chi connectivity index (χ0v) is 8.95. The first-order valence-electron chi connectivity index (χ1n) is 3.53. The Bertz CT molecular complexity index is 525. The summed E-state index contributed by atoms with van der Waals surface area (Å²) >= 11 is 8.78. The van der Waals surface area contributed by atoms with E-state index in [1.807, 2.05) is 0 Å². The fourth-order valence-electron chi connectivity index (χ4n) is 1.06. The highest BCUT2D eigenvalue weighted by atomic mass is 79.9. The van der Waals surface area contributed by atoms with Crippen molar-refractivity contribution in [3.05, 3.63) is 27.6 Å². The van der Waals surface area contributed by atoms with Gasteiger partial charge in [0.25, 0.3) is 0 Å². The van der Waals surface area contributed by atoms with Crippen LogP contribution in [0.25, 0.3) is 5.65 Å². The lowest BCUT2D eigenvalue weighted by molar-refractivity contribution is 0.0688. The van der Waals surface area contributed by atoms with E-state index < -0.39 is 5.97 Å². The fraction of sp³-hybridized carbons (Fsp3) is 0. The number of carbonyl (C=O) groups is 1. The van der Waals surface area contributed by atoms with Gasteiger partial charge in [0.05, 0.1) is 0 Å². The highest BCUT2D eigenvalue weighted by Crippen LogP contribution is 2.17. The van der Waals surface area contributed by atoms with Gasteiger partial charge in [-0.1, -0.05) is 11.6 Å². The molecule has 7 heteroatoms. The molecule has 0 saturated carbocycles. The van der Waals surface area contributed by atoms with Gasteiger partial charge in [-0.05, 0) is 28.1 Å². The van der Waals surface area contributed by atoms with Gasteiger partial charge in [0.1, 0.15) is 4.60 Å². The molecule has 14 heavy (non-hydrogen) atoms. The van der Waals surface area contributed by atoms with Gasteiger partial charge >= 0.3 is 5.97 Å². The van der Waals surface area contributed by atoms with Crippen LogP contribution in [-0.2, 0) is 0 Å². The second-order valence-corrected chi connectivity index (χ2v) is 3.65. The molecule has 0 unspecified atom stereocenters. The molecule has 0 aliphatic heterocycles. The lowest BCUT2D eigenvalue weighted by Crippen LogP contribution is -2.04. The molecule has 0 bridgehead atoms.